The molecule has 1 rings (SSSR count). The maximum atomic E-state index is 11.6. The lowest BCUT2D eigenvalue weighted by Crippen LogP contribution is -2.55. The largest absolute Gasteiger partial charge is 0.368 e. The van der Waals surface area contributed by atoms with Crippen LogP contribution >= 0.6 is 11.8 Å². The smallest absolute Gasteiger partial charge is 0.237 e. The second kappa shape index (κ2) is 8.15. The van der Waals surface area contributed by atoms with Crippen LogP contribution in [0.5, 0.6) is 0 Å². The van der Waals surface area contributed by atoms with Crippen molar-refractivity contribution in [2.24, 2.45) is 5.73 Å². The number of carbonyl (C=O) groups is 1. The molecule has 4 heteroatoms. The van der Waals surface area contributed by atoms with Crippen LogP contribution in [-0.4, -0.2) is 28.5 Å². The van der Waals surface area contributed by atoms with Gasteiger partial charge in [-0.3, -0.25) is 4.79 Å². The summed E-state index contributed by atoms with van der Waals surface area (Å²) in [7, 11) is 0. The second-order valence-electron chi connectivity index (χ2n) is 6.23. The van der Waals surface area contributed by atoms with Crippen molar-refractivity contribution in [1.29, 1.82) is 0 Å². The Hall–Kier alpha value is -0.220. The molecule has 0 radical (unpaired) electrons. The van der Waals surface area contributed by atoms with E-state index in [1.165, 1.54) is 37.9 Å². The zero-order valence-electron chi connectivity index (χ0n) is 12.7. The molecular formula is C15H30N2OS. The summed E-state index contributed by atoms with van der Waals surface area (Å²) in [5, 5.41) is 4.21. The van der Waals surface area contributed by atoms with Crippen LogP contribution in [0.3, 0.4) is 0 Å². The molecule has 1 atom stereocenters. The summed E-state index contributed by atoms with van der Waals surface area (Å²) in [6, 6.07) is 0.283. The number of thioether (sulfide) groups is 1. The first-order chi connectivity index (χ1) is 8.94. The van der Waals surface area contributed by atoms with Crippen molar-refractivity contribution in [1.82, 2.24) is 5.32 Å². The van der Waals surface area contributed by atoms with Crippen molar-refractivity contribution in [2.45, 2.75) is 82.5 Å². The predicted octanol–water partition coefficient (Wildman–Crippen LogP) is 3.07. The van der Waals surface area contributed by atoms with E-state index in [0.29, 0.717) is 0 Å². The monoisotopic (exact) mass is 286 g/mol. The van der Waals surface area contributed by atoms with E-state index in [1.807, 2.05) is 6.92 Å². The Morgan fingerprint density at radius 2 is 2.00 bits per heavy atom. The number of primary amides is 1. The normalized spacial score (nSPS) is 19.8. The highest BCUT2D eigenvalue weighted by Gasteiger charge is 2.30. The number of unbranched alkanes of at least 4 members (excludes halogenated alkanes) is 1. The molecule has 0 aromatic carbocycles. The van der Waals surface area contributed by atoms with E-state index in [1.54, 1.807) is 0 Å². The minimum Gasteiger partial charge on any atom is -0.368 e. The fraction of sp³-hybridized carbons (Fsp3) is 0.933. The van der Waals surface area contributed by atoms with Crippen LogP contribution in [0, 0.1) is 0 Å². The third-order valence-corrected chi connectivity index (χ3v) is 5.35. The fourth-order valence-corrected chi connectivity index (χ4v) is 4.16. The van der Waals surface area contributed by atoms with E-state index in [0.717, 1.165) is 18.1 Å². The highest BCUT2D eigenvalue weighted by molar-refractivity contribution is 7.99. The Morgan fingerprint density at radius 3 is 2.53 bits per heavy atom. The molecule has 1 fully saturated rings. The standard InChI is InChI=1S/C15H30N2OS/c1-12(2)17-15(3,14(16)18)10-6-7-11-19-13-8-4-5-9-13/h12-13,17H,4-11H2,1-3H3,(H2,16,18). The Morgan fingerprint density at radius 1 is 1.37 bits per heavy atom. The van der Waals surface area contributed by atoms with Gasteiger partial charge in [0.2, 0.25) is 5.91 Å². The van der Waals surface area contributed by atoms with Crippen molar-refractivity contribution < 1.29 is 4.79 Å². The number of carbonyl (C=O) groups excluding carboxylic acids is 1. The van der Waals surface area contributed by atoms with Crippen LogP contribution < -0.4 is 11.1 Å². The van der Waals surface area contributed by atoms with Gasteiger partial charge in [-0.05, 0) is 52.2 Å². The molecule has 1 aliphatic carbocycles. The van der Waals surface area contributed by atoms with Gasteiger partial charge >= 0.3 is 0 Å². The maximum absolute atomic E-state index is 11.6. The van der Waals surface area contributed by atoms with Gasteiger partial charge in [-0.25, -0.2) is 0 Å². The van der Waals surface area contributed by atoms with Gasteiger partial charge in [-0.15, -0.1) is 0 Å². The molecule has 0 bridgehead atoms. The average Bonchev–Trinajstić information content (AvgIpc) is 2.80. The SMILES string of the molecule is CC(C)NC(C)(CCCCSC1CCCC1)C(N)=O. The number of nitrogens with two attached hydrogens (primary N) is 1. The van der Waals surface area contributed by atoms with E-state index in [9.17, 15) is 4.79 Å². The molecule has 19 heavy (non-hydrogen) atoms. The maximum Gasteiger partial charge on any atom is 0.237 e. The van der Waals surface area contributed by atoms with Gasteiger partial charge in [0.25, 0.3) is 0 Å². The van der Waals surface area contributed by atoms with E-state index < -0.39 is 5.54 Å². The molecule has 3 nitrogen and oxygen atoms in total. The van der Waals surface area contributed by atoms with Crippen LogP contribution in [0.1, 0.15) is 65.7 Å². The third kappa shape index (κ3) is 6.17. The molecule has 1 saturated carbocycles. The summed E-state index contributed by atoms with van der Waals surface area (Å²) in [5.74, 6) is 0.992. The minimum atomic E-state index is -0.549. The lowest BCUT2D eigenvalue weighted by molar-refractivity contribution is -0.124. The summed E-state index contributed by atoms with van der Waals surface area (Å²) < 4.78 is 0. The van der Waals surface area contributed by atoms with Crippen molar-refractivity contribution in [3.05, 3.63) is 0 Å². The molecule has 1 amide bonds. The van der Waals surface area contributed by atoms with Gasteiger partial charge < -0.3 is 11.1 Å². The highest BCUT2D eigenvalue weighted by atomic mass is 32.2. The Bertz CT molecular complexity index is 277. The van der Waals surface area contributed by atoms with Crippen LogP contribution in [0.25, 0.3) is 0 Å². The summed E-state index contributed by atoms with van der Waals surface area (Å²) in [6.07, 6.45) is 8.72. The Labute approximate surface area is 122 Å². The van der Waals surface area contributed by atoms with Crippen molar-refractivity contribution >= 4 is 17.7 Å². The first kappa shape index (κ1) is 16.8. The summed E-state index contributed by atoms with van der Waals surface area (Å²) in [6.45, 7) is 6.04. The van der Waals surface area contributed by atoms with E-state index >= 15 is 0 Å². The zero-order chi connectivity index (χ0) is 14.3. The highest BCUT2D eigenvalue weighted by Crippen LogP contribution is 2.30. The van der Waals surface area contributed by atoms with Crippen molar-refractivity contribution in [3.8, 4) is 0 Å². The van der Waals surface area contributed by atoms with Gasteiger partial charge in [0.15, 0.2) is 0 Å². The molecule has 112 valence electrons. The molecule has 0 aromatic heterocycles. The molecule has 0 saturated heterocycles. The number of rotatable bonds is 9. The Balaban J connectivity index is 2.18. The average molecular weight is 286 g/mol. The second-order valence-corrected chi connectivity index (χ2v) is 7.64. The van der Waals surface area contributed by atoms with Crippen LogP contribution in [0.15, 0.2) is 0 Å². The number of amides is 1. The lowest BCUT2D eigenvalue weighted by atomic mass is 9.93. The minimum absolute atomic E-state index is 0.232. The van der Waals surface area contributed by atoms with Crippen molar-refractivity contribution in [3.63, 3.8) is 0 Å². The summed E-state index contributed by atoms with van der Waals surface area (Å²) >= 11 is 2.12. The Kier molecular flexibility index (Phi) is 7.22. The third-order valence-electron chi connectivity index (χ3n) is 3.88. The molecule has 3 N–H and O–H groups in total. The fourth-order valence-electron chi connectivity index (χ4n) is 2.79. The van der Waals surface area contributed by atoms with E-state index in [4.69, 9.17) is 5.73 Å². The number of hydrogen-bond acceptors (Lipinski definition) is 3. The first-order valence-corrected chi connectivity index (χ1v) is 8.68. The topological polar surface area (TPSA) is 55.1 Å². The molecule has 0 heterocycles. The van der Waals surface area contributed by atoms with Crippen LogP contribution in [-0.2, 0) is 4.79 Å². The lowest BCUT2D eigenvalue weighted by Gasteiger charge is -2.29. The quantitative estimate of drug-likeness (QED) is 0.640. The molecule has 1 unspecified atom stereocenters. The molecule has 1 aliphatic rings. The summed E-state index contributed by atoms with van der Waals surface area (Å²) in [5.41, 5.74) is 4.98. The molecular weight excluding hydrogens is 256 g/mol. The van der Waals surface area contributed by atoms with Crippen LogP contribution in [0.4, 0.5) is 0 Å². The van der Waals surface area contributed by atoms with Crippen molar-refractivity contribution in [2.75, 3.05) is 5.75 Å². The number of nitrogens with one attached hydrogen (secondary N) is 1. The van der Waals surface area contributed by atoms with Gasteiger partial charge in [0.1, 0.15) is 0 Å². The summed E-state index contributed by atoms with van der Waals surface area (Å²) in [4.78, 5) is 11.6. The van der Waals surface area contributed by atoms with Gasteiger partial charge in [-0.2, -0.15) is 11.8 Å². The van der Waals surface area contributed by atoms with Gasteiger partial charge in [-0.1, -0.05) is 19.3 Å². The van der Waals surface area contributed by atoms with E-state index in [2.05, 4.69) is 30.9 Å². The first-order valence-electron chi connectivity index (χ1n) is 7.63. The zero-order valence-corrected chi connectivity index (χ0v) is 13.5. The van der Waals surface area contributed by atoms with Gasteiger partial charge in [0, 0.05) is 11.3 Å². The number of hydrogen-bond donors (Lipinski definition) is 2. The molecule has 0 aliphatic heterocycles. The van der Waals surface area contributed by atoms with E-state index in [-0.39, 0.29) is 11.9 Å². The predicted molar refractivity (Wildman–Crippen MR) is 84.4 cm³/mol. The van der Waals surface area contributed by atoms with Gasteiger partial charge in [0.05, 0.1) is 5.54 Å². The van der Waals surface area contributed by atoms with Crippen LogP contribution in [0.2, 0.25) is 0 Å². The molecule has 0 aromatic rings. The molecule has 0 spiro atoms.